The van der Waals surface area contributed by atoms with Crippen molar-refractivity contribution in [2.75, 3.05) is 13.2 Å². The van der Waals surface area contributed by atoms with Crippen LogP contribution in [0.4, 0.5) is 0 Å². The molecule has 0 bridgehead atoms. The lowest BCUT2D eigenvalue weighted by Gasteiger charge is -2.39. The van der Waals surface area contributed by atoms with Gasteiger partial charge < -0.3 is 15.2 Å². The number of nitrogens with one attached hydrogen (secondary N) is 1. The highest BCUT2D eigenvalue weighted by molar-refractivity contribution is 5.77. The van der Waals surface area contributed by atoms with Crippen molar-refractivity contribution < 1.29 is 14.6 Å². The van der Waals surface area contributed by atoms with Crippen molar-refractivity contribution in [3.8, 4) is 0 Å². The van der Waals surface area contributed by atoms with E-state index in [0.29, 0.717) is 12.3 Å². The Bertz CT molecular complexity index is 302. The van der Waals surface area contributed by atoms with E-state index >= 15 is 0 Å². The molecule has 0 aromatic heterocycles. The number of aliphatic hydroxyl groups is 1. The van der Waals surface area contributed by atoms with Crippen LogP contribution < -0.4 is 5.32 Å². The quantitative estimate of drug-likeness (QED) is 0.820. The third kappa shape index (κ3) is 4.18. The normalized spacial score (nSPS) is 35.9. The Kier molecular flexibility index (Phi) is 5.22. The van der Waals surface area contributed by atoms with E-state index < -0.39 is 0 Å². The van der Waals surface area contributed by atoms with Gasteiger partial charge in [0.25, 0.3) is 0 Å². The second kappa shape index (κ2) is 6.71. The van der Waals surface area contributed by atoms with E-state index in [9.17, 15) is 9.90 Å². The predicted molar refractivity (Wildman–Crippen MR) is 73.8 cm³/mol. The van der Waals surface area contributed by atoms with Crippen molar-refractivity contribution in [2.45, 2.75) is 69.9 Å². The van der Waals surface area contributed by atoms with Crippen LogP contribution in [0.3, 0.4) is 0 Å². The van der Waals surface area contributed by atoms with E-state index in [0.717, 1.165) is 45.1 Å². The maximum absolute atomic E-state index is 12.1. The van der Waals surface area contributed by atoms with Crippen LogP contribution in [-0.4, -0.2) is 35.9 Å². The summed E-state index contributed by atoms with van der Waals surface area (Å²) >= 11 is 0. The number of carbonyl (C=O) groups excluding carboxylic acids is 1. The zero-order valence-corrected chi connectivity index (χ0v) is 12.0. The number of hydrogen-bond acceptors (Lipinski definition) is 3. The van der Waals surface area contributed by atoms with Crippen LogP contribution in [0.2, 0.25) is 0 Å². The zero-order chi connectivity index (χ0) is 13.7. The van der Waals surface area contributed by atoms with Crippen molar-refractivity contribution >= 4 is 5.91 Å². The summed E-state index contributed by atoms with van der Waals surface area (Å²) in [5.41, 5.74) is -0.385. The van der Waals surface area contributed by atoms with Crippen LogP contribution >= 0.6 is 0 Å². The second-order valence-corrected chi connectivity index (χ2v) is 6.38. The van der Waals surface area contributed by atoms with E-state index in [1.54, 1.807) is 0 Å². The van der Waals surface area contributed by atoms with Gasteiger partial charge in [-0.1, -0.05) is 19.8 Å². The molecule has 2 fully saturated rings. The molecule has 0 radical (unpaired) electrons. The molecule has 0 aromatic rings. The molecule has 4 nitrogen and oxygen atoms in total. The molecule has 3 unspecified atom stereocenters. The van der Waals surface area contributed by atoms with Crippen molar-refractivity contribution in [3.63, 3.8) is 0 Å². The summed E-state index contributed by atoms with van der Waals surface area (Å²) in [5, 5.41) is 12.8. The lowest BCUT2D eigenvalue weighted by atomic mass is 9.76. The maximum Gasteiger partial charge on any atom is 0.223 e. The van der Waals surface area contributed by atoms with Gasteiger partial charge in [0.05, 0.1) is 24.7 Å². The minimum Gasteiger partial charge on any atom is -0.394 e. The molecule has 0 aromatic carbocycles. The SMILES string of the molecule is CC1CCCC(CO)(NC(=O)CC2CCCCO2)C1. The van der Waals surface area contributed by atoms with Gasteiger partial charge in [0.2, 0.25) is 5.91 Å². The Morgan fingerprint density at radius 3 is 2.84 bits per heavy atom. The smallest absolute Gasteiger partial charge is 0.223 e. The molecule has 1 saturated carbocycles. The number of rotatable bonds is 4. The van der Waals surface area contributed by atoms with Crippen molar-refractivity contribution in [1.82, 2.24) is 5.32 Å². The van der Waals surface area contributed by atoms with Crippen LogP contribution in [-0.2, 0) is 9.53 Å². The monoisotopic (exact) mass is 269 g/mol. The van der Waals surface area contributed by atoms with E-state index in [4.69, 9.17) is 4.74 Å². The molecule has 1 saturated heterocycles. The largest absolute Gasteiger partial charge is 0.394 e. The number of amides is 1. The van der Waals surface area contributed by atoms with Gasteiger partial charge >= 0.3 is 0 Å². The van der Waals surface area contributed by atoms with Gasteiger partial charge in [-0.05, 0) is 38.0 Å². The first-order chi connectivity index (χ1) is 9.13. The second-order valence-electron chi connectivity index (χ2n) is 6.38. The maximum atomic E-state index is 12.1. The van der Waals surface area contributed by atoms with Gasteiger partial charge in [-0.25, -0.2) is 0 Å². The van der Waals surface area contributed by atoms with E-state index in [1.807, 2.05) is 0 Å². The Balaban J connectivity index is 1.84. The Morgan fingerprint density at radius 2 is 2.21 bits per heavy atom. The van der Waals surface area contributed by atoms with Crippen LogP contribution in [0, 0.1) is 5.92 Å². The summed E-state index contributed by atoms with van der Waals surface area (Å²) < 4.78 is 5.60. The molecule has 1 amide bonds. The Hall–Kier alpha value is -0.610. The third-order valence-corrected chi connectivity index (χ3v) is 4.49. The number of aliphatic hydroxyl groups excluding tert-OH is 1. The van der Waals surface area contributed by atoms with E-state index in [1.165, 1.54) is 6.42 Å². The van der Waals surface area contributed by atoms with Crippen LogP contribution in [0.25, 0.3) is 0 Å². The summed E-state index contributed by atoms with van der Waals surface area (Å²) in [7, 11) is 0. The van der Waals surface area contributed by atoms with Gasteiger partial charge in [0, 0.05) is 6.61 Å². The third-order valence-electron chi connectivity index (χ3n) is 4.49. The molecular weight excluding hydrogens is 242 g/mol. The molecule has 2 aliphatic rings. The average Bonchev–Trinajstić information content (AvgIpc) is 2.39. The molecule has 0 spiro atoms. The zero-order valence-electron chi connectivity index (χ0n) is 12.0. The van der Waals surface area contributed by atoms with E-state index in [2.05, 4.69) is 12.2 Å². The number of carbonyl (C=O) groups is 1. The molecule has 1 aliphatic carbocycles. The molecule has 2 rings (SSSR count). The Labute approximate surface area is 115 Å². The number of hydrogen-bond donors (Lipinski definition) is 2. The minimum absolute atomic E-state index is 0.0371. The average molecular weight is 269 g/mol. The van der Waals surface area contributed by atoms with E-state index in [-0.39, 0.29) is 24.2 Å². The first-order valence-electron chi connectivity index (χ1n) is 7.67. The summed E-state index contributed by atoms with van der Waals surface area (Å²) in [5.74, 6) is 0.613. The first-order valence-corrected chi connectivity index (χ1v) is 7.67. The fourth-order valence-electron chi connectivity index (χ4n) is 3.48. The van der Waals surface area contributed by atoms with Gasteiger partial charge in [-0.15, -0.1) is 0 Å². The topological polar surface area (TPSA) is 58.6 Å². The van der Waals surface area contributed by atoms with Gasteiger partial charge in [-0.3, -0.25) is 4.79 Å². The molecule has 3 atom stereocenters. The first kappa shape index (κ1) is 14.8. The summed E-state index contributed by atoms with van der Waals surface area (Å²) in [6.45, 7) is 3.02. The highest BCUT2D eigenvalue weighted by atomic mass is 16.5. The summed E-state index contributed by atoms with van der Waals surface area (Å²) in [6.07, 6.45) is 7.82. The highest BCUT2D eigenvalue weighted by Gasteiger charge is 2.36. The molecule has 2 N–H and O–H groups in total. The summed E-state index contributed by atoms with van der Waals surface area (Å²) in [4.78, 5) is 12.1. The fraction of sp³-hybridized carbons (Fsp3) is 0.933. The molecule has 110 valence electrons. The summed E-state index contributed by atoms with van der Waals surface area (Å²) in [6, 6.07) is 0. The van der Waals surface area contributed by atoms with Crippen molar-refractivity contribution in [2.24, 2.45) is 5.92 Å². The lowest BCUT2D eigenvalue weighted by Crippen LogP contribution is -2.54. The molecule has 4 heteroatoms. The molecule has 1 heterocycles. The van der Waals surface area contributed by atoms with Crippen LogP contribution in [0.15, 0.2) is 0 Å². The fourth-order valence-corrected chi connectivity index (χ4v) is 3.48. The van der Waals surface area contributed by atoms with Crippen LogP contribution in [0.1, 0.15) is 58.3 Å². The molecular formula is C15H27NO3. The van der Waals surface area contributed by atoms with Crippen molar-refractivity contribution in [1.29, 1.82) is 0 Å². The molecule has 1 aliphatic heterocycles. The van der Waals surface area contributed by atoms with Gasteiger partial charge in [-0.2, -0.15) is 0 Å². The predicted octanol–water partition coefficient (Wildman–Crippen LogP) is 2.00. The highest BCUT2D eigenvalue weighted by Crippen LogP contribution is 2.32. The minimum atomic E-state index is -0.385. The number of ether oxygens (including phenoxy) is 1. The van der Waals surface area contributed by atoms with Gasteiger partial charge in [0.1, 0.15) is 0 Å². The van der Waals surface area contributed by atoms with Crippen molar-refractivity contribution in [3.05, 3.63) is 0 Å². The van der Waals surface area contributed by atoms with Gasteiger partial charge in [0.15, 0.2) is 0 Å². The Morgan fingerprint density at radius 1 is 1.37 bits per heavy atom. The van der Waals surface area contributed by atoms with Crippen LogP contribution in [0.5, 0.6) is 0 Å². The lowest BCUT2D eigenvalue weighted by molar-refractivity contribution is -0.128. The molecule has 19 heavy (non-hydrogen) atoms. The standard InChI is InChI=1S/C15H27NO3/c1-12-5-4-7-15(10-12,11-17)16-14(18)9-13-6-2-3-8-19-13/h12-13,17H,2-11H2,1H3,(H,16,18).